The van der Waals surface area contributed by atoms with Crippen LogP contribution in [0, 0.1) is 5.82 Å². The first-order valence-electron chi connectivity index (χ1n) is 10.4. The monoisotopic (exact) mass is 416 g/mol. The van der Waals surface area contributed by atoms with Crippen molar-refractivity contribution in [1.29, 1.82) is 0 Å². The van der Waals surface area contributed by atoms with Crippen LogP contribution in [0.5, 0.6) is 5.75 Å². The number of nitrogens with one attached hydrogen (secondary N) is 1. The Labute approximate surface area is 178 Å². The Morgan fingerprint density at radius 3 is 2.74 bits per heavy atom. The molecule has 2 bridgehead atoms. The Kier molecular flexibility index (Phi) is 4.14. The normalized spacial score (nSPS) is 20.7. The van der Waals surface area contributed by atoms with Crippen LogP contribution in [0.2, 0.25) is 0 Å². The molecule has 0 radical (unpaired) electrons. The fraction of sp³-hybridized carbons (Fsp3) is 0.261. The molecule has 2 atom stereocenters. The zero-order valence-electron chi connectivity index (χ0n) is 16.7. The van der Waals surface area contributed by atoms with Crippen LogP contribution in [0.25, 0.3) is 22.3 Å². The molecule has 0 aliphatic carbocycles. The zero-order chi connectivity index (χ0) is 20.9. The van der Waals surface area contributed by atoms with Crippen molar-refractivity contribution >= 4 is 16.9 Å². The van der Waals surface area contributed by atoms with E-state index in [1.165, 1.54) is 18.2 Å². The standard InChI is InChI=1S/C23H21FN6O/c24-16-2-3-20(31)15(7-16)10-30-17-8-18(30)12-29(11-17)21-4-1-14(9-26-21)22-19-5-6-25-23(19)28-13-27-22/h1-7,9,13,17-18,31H,8,10-12H2,(H,25,27,28). The Hall–Kier alpha value is -3.52. The third-order valence-electron chi connectivity index (χ3n) is 6.44. The molecule has 156 valence electrons. The highest BCUT2D eigenvalue weighted by Crippen LogP contribution is 2.37. The minimum Gasteiger partial charge on any atom is -0.508 e. The third kappa shape index (κ3) is 3.11. The second-order valence-electron chi connectivity index (χ2n) is 8.26. The van der Waals surface area contributed by atoms with Gasteiger partial charge < -0.3 is 15.0 Å². The molecule has 3 aliphatic heterocycles. The van der Waals surface area contributed by atoms with E-state index < -0.39 is 0 Å². The van der Waals surface area contributed by atoms with Crippen LogP contribution in [0.15, 0.2) is 55.1 Å². The Morgan fingerprint density at radius 2 is 1.94 bits per heavy atom. The average Bonchev–Trinajstić information content (AvgIpc) is 3.29. The number of rotatable bonds is 4. The van der Waals surface area contributed by atoms with Gasteiger partial charge in [0.1, 0.15) is 29.4 Å². The van der Waals surface area contributed by atoms with E-state index >= 15 is 0 Å². The van der Waals surface area contributed by atoms with Gasteiger partial charge in [0.2, 0.25) is 0 Å². The molecule has 31 heavy (non-hydrogen) atoms. The number of nitrogens with zero attached hydrogens (tertiary/aromatic N) is 5. The van der Waals surface area contributed by atoms with Crippen molar-refractivity contribution in [2.45, 2.75) is 25.0 Å². The first-order valence-corrected chi connectivity index (χ1v) is 10.4. The summed E-state index contributed by atoms with van der Waals surface area (Å²) < 4.78 is 13.6. The van der Waals surface area contributed by atoms with E-state index in [-0.39, 0.29) is 11.6 Å². The number of halogens is 1. The Bertz CT molecular complexity index is 1240. The maximum Gasteiger partial charge on any atom is 0.141 e. The number of fused-ring (bicyclic) bond motifs is 3. The highest BCUT2D eigenvalue weighted by Gasteiger charge is 2.44. The fourth-order valence-corrected chi connectivity index (χ4v) is 4.83. The molecule has 4 aromatic rings. The van der Waals surface area contributed by atoms with Crippen molar-refractivity contribution in [3.8, 4) is 17.0 Å². The van der Waals surface area contributed by atoms with Crippen LogP contribution in [-0.2, 0) is 6.54 Å². The van der Waals surface area contributed by atoms with E-state index in [0.29, 0.717) is 24.2 Å². The maximum atomic E-state index is 13.6. The predicted molar refractivity (Wildman–Crippen MR) is 115 cm³/mol. The molecule has 3 aromatic heterocycles. The number of piperidine rings is 1. The summed E-state index contributed by atoms with van der Waals surface area (Å²) in [5.41, 5.74) is 3.29. The number of anilines is 1. The molecular formula is C23H21FN6O. The van der Waals surface area contributed by atoms with Crippen LogP contribution >= 0.6 is 0 Å². The van der Waals surface area contributed by atoms with E-state index in [0.717, 1.165) is 47.6 Å². The lowest BCUT2D eigenvalue weighted by Crippen LogP contribution is -2.68. The number of piperazine rings is 1. The molecule has 1 aromatic carbocycles. The zero-order valence-corrected chi connectivity index (χ0v) is 16.7. The van der Waals surface area contributed by atoms with Crippen molar-refractivity contribution in [2.75, 3.05) is 18.0 Å². The van der Waals surface area contributed by atoms with Crippen molar-refractivity contribution in [1.82, 2.24) is 24.8 Å². The molecule has 2 N–H and O–H groups in total. The van der Waals surface area contributed by atoms with Gasteiger partial charge in [0, 0.05) is 60.6 Å². The summed E-state index contributed by atoms with van der Waals surface area (Å²) in [7, 11) is 0. The summed E-state index contributed by atoms with van der Waals surface area (Å²) in [6.07, 6.45) is 6.41. The molecule has 0 saturated carbocycles. The molecule has 7 rings (SSSR count). The lowest BCUT2D eigenvalue weighted by Gasteiger charge is -2.56. The number of hydrogen-bond acceptors (Lipinski definition) is 6. The smallest absolute Gasteiger partial charge is 0.141 e. The van der Waals surface area contributed by atoms with Crippen molar-refractivity contribution in [3.05, 3.63) is 66.5 Å². The lowest BCUT2D eigenvalue weighted by atomic mass is 9.86. The summed E-state index contributed by atoms with van der Waals surface area (Å²) in [6.45, 7) is 2.31. The van der Waals surface area contributed by atoms with Crippen molar-refractivity contribution in [3.63, 3.8) is 0 Å². The summed E-state index contributed by atoms with van der Waals surface area (Å²) in [5, 5.41) is 11.0. The number of aromatic nitrogens is 4. The van der Waals surface area contributed by atoms with Gasteiger partial charge in [0.15, 0.2) is 0 Å². The summed E-state index contributed by atoms with van der Waals surface area (Å²) in [5.74, 6) is 0.790. The van der Waals surface area contributed by atoms with Gasteiger partial charge in [-0.15, -0.1) is 0 Å². The van der Waals surface area contributed by atoms with E-state index in [2.05, 4.69) is 30.8 Å². The van der Waals surface area contributed by atoms with Crippen LogP contribution in [0.1, 0.15) is 12.0 Å². The van der Waals surface area contributed by atoms with E-state index in [1.807, 2.05) is 24.5 Å². The van der Waals surface area contributed by atoms with Gasteiger partial charge in [-0.1, -0.05) is 0 Å². The van der Waals surface area contributed by atoms with Crippen molar-refractivity contribution < 1.29 is 9.50 Å². The predicted octanol–water partition coefficient (Wildman–Crippen LogP) is 3.33. The Morgan fingerprint density at radius 1 is 1.06 bits per heavy atom. The van der Waals surface area contributed by atoms with Crippen LogP contribution in [-0.4, -0.2) is 55.1 Å². The highest BCUT2D eigenvalue weighted by atomic mass is 19.1. The third-order valence-corrected chi connectivity index (χ3v) is 6.44. The molecule has 6 heterocycles. The van der Waals surface area contributed by atoms with Gasteiger partial charge >= 0.3 is 0 Å². The van der Waals surface area contributed by atoms with Gasteiger partial charge in [0.05, 0.1) is 5.69 Å². The number of hydrogen-bond donors (Lipinski definition) is 2. The van der Waals surface area contributed by atoms with Gasteiger partial charge in [-0.05, 0) is 42.8 Å². The molecule has 3 saturated heterocycles. The quantitative estimate of drug-likeness (QED) is 0.531. The SMILES string of the molecule is Oc1ccc(F)cc1CN1C2CC1CN(c1ccc(-c3ncnc4[nH]ccc34)cn1)C2. The topological polar surface area (TPSA) is 81.2 Å². The highest BCUT2D eigenvalue weighted by molar-refractivity contribution is 5.90. The summed E-state index contributed by atoms with van der Waals surface area (Å²) >= 11 is 0. The number of aromatic amines is 1. The summed E-state index contributed by atoms with van der Waals surface area (Å²) in [4.78, 5) is 21.1. The minimum atomic E-state index is -0.315. The number of benzene rings is 1. The molecule has 0 amide bonds. The Balaban J connectivity index is 1.17. The van der Waals surface area contributed by atoms with Gasteiger partial charge in [0.25, 0.3) is 0 Å². The largest absolute Gasteiger partial charge is 0.508 e. The molecule has 7 nitrogen and oxygen atoms in total. The van der Waals surface area contributed by atoms with Crippen molar-refractivity contribution in [2.24, 2.45) is 0 Å². The van der Waals surface area contributed by atoms with E-state index in [9.17, 15) is 9.50 Å². The molecule has 3 fully saturated rings. The molecule has 0 spiro atoms. The average molecular weight is 416 g/mol. The van der Waals surface area contributed by atoms with Crippen LogP contribution in [0.4, 0.5) is 10.2 Å². The van der Waals surface area contributed by atoms with Gasteiger partial charge in [-0.3, -0.25) is 4.90 Å². The summed E-state index contributed by atoms with van der Waals surface area (Å²) in [6, 6.07) is 11.0. The van der Waals surface area contributed by atoms with Gasteiger partial charge in [-0.25, -0.2) is 19.3 Å². The van der Waals surface area contributed by atoms with E-state index in [1.54, 1.807) is 6.33 Å². The number of aromatic hydroxyl groups is 1. The number of phenolic OH excluding ortho intramolecular Hbond substituents is 1. The molecule has 2 unspecified atom stereocenters. The molecule has 8 heteroatoms. The number of phenols is 1. The lowest BCUT2D eigenvalue weighted by molar-refractivity contribution is -0.00921. The van der Waals surface area contributed by atoms with Crippen LogP contribution < -0.4 is 4.90 Å². The fourth-order valence-electron chi connectivity index (χ4n) is 4.83. The molecule has 3 aliphatic rings. The minimum absolute atomic E-state index is 0.154. The first-order chi connectivity index (χ1) is 15.2. The second-order valence-corrected chi connectivity index (χ2v) is 8.26. The van der Waals surface area contributed by atoms with E-state index in [4.69, 9.17) is 4.98 Å². The maximum absolute atomic E-state index is 13.6. The van der Waals surface area contributed by atoms with Gasteiger partial charge in [-0.2, -0.15) is 0 Å². The number of pyridine rings is 1. The number of H-pyrrole nitrogens is 1. The first kappa shape index (κ1) is 18.3. The van der Waals surface area contributed by atoms with Crippen LogP contribution in [0.3, 0.4) is 0 Å². The molecular weight excluding hydrogens is 395 g/mol. The second kappa shape index (κ2) is 7.02.